The largest absolute Gasteiger partial charge is 0.496 e. The van der Waals surface area contributed by atoms with Crippen LogP contribution in [0.5, 0.6) is 11.5 Å². The number of Topliss-reactive ketones (excluding diaryl/α,β-unsaturated/α-hetero) is 1. The number of methoxy groups -OCH3 is 1. The van der Waals surface area contributed by atoms with Crippen LogP contribution in [0.3, 0.4) is 0 Å². The molecule has 0 aliphatic heterocycles. The quantitative estimate of drug-likeness (QED) is 0.847. The molecule has 116 valence electrons. The van der Waals surface area contributed by atoms with Crippen molar-refractivity contribution in [2.45, 2.75) is 45.1 Å². The van der Waals surface area contributed by atoms with E-state index in [9.17, 15) is 9.90 Å². The average molecular weight is 292 g/mol. The van der Waals surface area contributed by atoms with E-state index in [2.05, 4.69) is 6.92 Å². The van der Waals surface area contributed by atoms with Gasteiger partial charge in [-0.3, -0.25) is 4.79 Å². The fraction of sp³-hybridized carbons (Fsp3) is 0.588. The number of hydrogen-bond acceptors (Lipinski definition) is 4. The minimum absolute atomic E-state index is 0.0671. The first-order chi connectivity index (χ1) is 9.93. The van der Waals surface area contributed by atoms with E-state index in [1.165, 1.54) is 14.0 Å². The molecule has 0 heterocycles. The molecule has 0 saturated heterocycles. The number of ether oxygens (including phenoxy) is 2. The van der Waals surface area contributed by atoms with Crippen LogP contribution in [0.2, 0.25) is 0 Å². The summed E-state index contributed by atoms with van der Waals surface area (Å²) in [6, 6.07) is 5.16. The fourth-order valence-electron chi connectivity index (χ4n) is 2.71. The second-order valence-corrected chi connectivity index (χ2v) is 6.11. The van der Waals surface area contributed by atoms with Crippen LogP contribution in [-0.4, -0.2) is 30.2 Å². The van der Waals surface area contributed by atoms with Gasteiger partial charge in [0.2, 0.25) is 0 Å². The zero-order valence-corrected chi connectivity index (χ0v) is 13.0. The molecule has 2 rings (SSSR count). The van der Waals surface area contributed by atoms with Crippen molar-refractivity contribution in [2.75, 3.05) is 13.7 Å². The number of carbonyl (C=O) groups excluding carboxylic acids is 1. The molecule has 1 aliphatic rings. The maximum atomic E-state index is 11.6. The first kappa shape index (κ1) is 15.8. The summed E-state index contributed by atoms with van der Waals surface area (Å²) in [6.07, 6.45) is 3.59. The van der Waals surface area contributed by atoms with E-state index >= 15 is 0 Å². The van der Waals surface area contributed by atoms with Crippen LogP contribution in [0.25, 0.3) is 0 Å². The lowest BCUT2D eigenvalue weighted by Gasteiger charge is -2.34. The molecule has 0 radical (unpaired) electrons. The maximum absolute atomic E-state index is 11.6. The standard InChI is InChI=1S/C17H24O4/c1-12-6-8-17(19,9-7-12)11-21-14-4-5-16(20-3)15(10-14)13(2)18/h4-5,10,12,19H,6-9,11H2,1-3H3. The van der Waals surface area contributed by atoms with Gasteiger partial charge in [-0.25, -0.2) is 0 Å². The zero-order chi connectivity index (χ0) is 15.5. The first-order valence-corrected chi connectivity index (χ1v) is 7.48. The highest BCUT2D eigenvalue weighted by Gasteiger charge is 2.32. The summed E-state index contributed by atoms with van der Waals surface area (Å²) in [5.41, 5.74) is -0.248. The highest BCUT2D eigenvalue weighted by atomic mass is 16.5. The zero-order valence-electron chi connectivity index (χ0n) is 13.0. The highest BCUT2D eigenvalue weighted by Crippen LogP contribution is 2.33. The molecule has 1 N–H and O–H groups in total. The van der Waals surface area contributed by atoms with Crippen LogP contribution < -0.4 is 9.47 Å². The van der Waals surface area contributed by atoms with Crippen molar-refractivity contribution in [3.05, 3.63) is 23.8 Å². The summed E-state index contributed by atoms with van der Waals surface area (Å²) in [4.78, 5) is 11.6. The van der Waals surface area contributed by atoms with Gasteiger partial charge in [-0.15, -0.1) is 0 Å². The Morgan fingerprint density at radius 1 is 1.38 bits per heavy atom. The molecule has 1 aromatic rings. The Labute approximate surface area is 126 Å². The molecule has 1 aliphatic carbocycles. The third-order valence-electron chi connectivity index (χ3n) is 4.26. The molecule has 1 saturated carbocycles. The Hall–Kier alpha value is -1.55. The van der Waals surface area contributed by atoms with E-state index < -0.39 is 5.60 Å². The van der Waals surface area contributed by atoms with Gasteiger partial charge in [0.25, 0.3) is 0 Å². The Kier molecular flexibility index (Phi) is 4.88. The summed E-state index contributed by atoms with van der Waals surface area (Å²) in [5.74, 6) is 1.74. The maximum Gasteiger partial charge on any atom is 0.163 e. The predicted octanol–water partition coefficient (Wildman–Crippen LogP) is 3.22. The van der Waals surface area contributed by atoms with Crippen molar-refractivity contribution in [1.82, 2.24) is 0 Å². The summed E-state index contributed by atoms with van der Waals surface area (Å²) in [6.45, 7) is 3.98. The highest BCUT2D eigenvalue weighted by molar-refractivity contribution is 5.97. The van der Waals surface area contributed by atoms with Gasteiger partial charge in [-0.2, -0.15) is 0 Å². The molecular weight excluding hydrogens is 268 g/mol. The summed E-state index contributed by atoms with van der Waals surface area (Å²) in [7, 11) is 1.54. The number of ketones is 1. The molecule has 0 aromatic heterocycles. The van der Waals surface area contributed by atoms with Gasteiger partial charge in [0, 0.05) is 0 Å². The number of benzene rings is 1. The third kappa shape index (κ3) is 3.97. The van der Waals surface area contributed by atoms with Crippen LogP contribution in [0.4, 0.5) is 0 Å². The Morgan fingerprint density at radius 2 is 2.05 bits per heavy atom. The van der Waals surface area contributed by atoms with Gasteiger partial charge in [0.05, 0.1) is 18.3 Å². The Balaban J connectivity index is 2.03. The topological polar surface area (TPSA) is 55.8 Å². The van der Waals surface area contributed by atoms with Crippen LogP contribution in [0.15, 0.2) is 18.2 Å². The van der Waals surface area contributed by atoms with E-state index in [-0.39, 0.29) is 12.4 Å². The molecule has 0 atom stereocenters. The molecule has 21 heavy (non-hydrogen) atoms. The van der Waals surface area contributed by atoms with Gasteiger partial charge >= 0.3 is 0 Å². The number of rotatable bonds is 5. The lowest BCUT2D eigenvalue weighted by atomic mass is 9.80. The van der Waals surface area contributed by atoms with Crippen LogP contribution in [0.1, 0.15) is 49.9 Å². The summed E-state index contributed by atoms with van der Waals surface area (Å²) in [5, 5.41) is 10.5. The first-order valence-electron chi connectivity index (χ1n) is 7.48. The lowest BCUT2D eigenvalue weighted by Crippen LogP contribution is -2.39. The van der Waals surface area contributed by atoms with Crippen molar-refractivity contribution < 1.29 is 19.4 Å². The number of aliphatic hydroxyl groups is 1. The molecular formula is C17H24O4. The third-order valence-corrected chi connectivity index (χ3v) is 4.26. The normalized spacial score (nSPS) is 25.4. The Bertz CT molecular complexity index is 502. The summed E-state index contributed by atoms with van der Waals surface area (Å²) >= 11 is 0. The van der Waals surface area contributed by atoms with E-state index in [0.29, 0.717) is 23.0 Å². The minimum atomic E-state index is -0.747. The van der Waals surface area contributed by atoms with Gasteiger partial charge in [-0.05, 0) is 56.7 Å². The van der Waals surface area contributed by atoms with E-state index in [1.807, 2.05) is 0 Å². The minimum Gasteiger partial charge on any atom is -0.496 e. The van der Waals surface area contributed by atoms with E-state index in [1.54, 1.807) is 18.2 Å². The van der Waals surface area contributed by atoms with Crippen molar-refractivity contribution >= 4 is 5.78 Å². The van der Waals surface area contributed by atoms with Crippen LogP contribution in [-0.2, 0) is 0 Å². The van der Waals surface area contributed by atoms with Crippen LogP contribution >= 0.6 is 0 Å². The number of carbonyl (C=O) groups is 1. The van der Waals surface area contributed by atoms with Gasteiger partial charge in [-0.1, -0.05) is 6.92 Å². The van der Waals surface area contributed by atoms with Gasteiger partial charge in [0.1, 0.15) is 18.1 Å². The monoisotopic (exact) mass is 292 g/mol. The molecule has 4 nitrogen and oxygen atoms in total. The molecule has 0 unspecified atom stereocenters. The molecule has 0 spiro atoms. The summed E-state index contributed by atoms with van der Waals surface area (Å²) < 4.78 is 10.9. The SMILES string of the molecule is COc1ccc(OCC2(O)CCC(C)CC2)cc1C(C)=O. The van der Waals surface area contributed by atoms with Gasteiger partial charge < -0.3 is 14.6 Å². The van der Waals surface area contributed by atoms with E-state index in [0.717, 1.165) is 25.7 Å². The molecule has 1 fully saturated rings. The van der Waals surface area contributed by atoms with Crippen molar-refractivity contribution in [2.24, 2.45) is 5.92 Å². The molecule has 0 amide bonds. The van der Waals surface area contributed by atoms with Crippen molar-refractivity contribution in [3.63, 3.8) is 0 Å². The lowest BCUT2D eigenvalue weighted by molar-refractivity contribution is -0.0424. The smallest absolute Gasteiger partial charge is 0.163 e. The van der Waals surface area contributed by atoms with Crippen molar-refractivity contribution in [1.29, 1.82) is 0 Å². The number of hydrogen-bond donors (Lipinski definition) is 1. The average Bonchev–Trinajstić information content (AvgIpc) is 2.48. The second kappa shape index (κ2) is 6.48. The predicted molar refractivity (Wildman–Crippen MR) is 81.1 cm³/mol. The van der Waals surface area contributed by atoms with E-state index in [4.69, 9.17) is 9.47 Å². The second-order valence-electron chi connectivity index (χ2n) is 6.11. The fourth-order valence-corrected chi connectivity index (χ4v) is 2.71. The molecule has 0 bridgehead atoms. The van der Waals surface area contributed by atoms with Crippen LogP contribution in [0, 0.1) is 5.92 Å². The molecule has 1 aromatic carbocycles. The van der Waals surface area contributed by atoms with Gasteiger partial charge in [0.15, 0.2) is 5.78 Å². The molecule has 4 heteroatoms. The Morgan fingerprint density at radius 3 is 2.62 bits per heavy atom. The van der Waals surface area contributed by atoms with Crippen molar-refractivity contribution in [3.8, 4) is 11.5 Å².